The number of hydroxylamine groups is 4. The van der Waals surface area contributed by atoms with Gasteiger partial charge in [-0.2, -0.15) is 28.7 Å². The van der Waals surface area contributed by atoms with Crippen molar-refractivity contribution in [2.45, 2.75) is 12.1 Å². The fraction of sp³-hybridized carbons (Fsp3) is 0.400. The molecule has 37 heavy (non-hydrogen) atoms. The van der Waals surface area contributed by atoms with Gasteiger partial charge in [-0.15, -0.1) is 8.57 Å². The zero-order valence-corrected chi connectivity index (χ0v) is 20.5. The normalized spacial score (nSPS) is 23.1. The van der Waals surface area contributed by atoms with Crippen LogP contribution < -0.4 is 9.47 Å². The van der Waals surface area contributed by atoms with Gasteiger partial charge in [0.2, 0.25) is 0 Å². The molecule has 16 nitrogen and oxygen atoms in total. The summed E-state index contributed by atoms with van der Waals surface area (Å²) < 4.78 is 49.1. The van der Waals surface area contributed by atoms with Crippen LogP contribution in [0, 0.1) is 0 Å². The number of fused-ring (bicyclic) bond motifs is 4. The van der Waals surface area contributed by atoms with Gasteiger partial charge in [-0.3, -0.25) is 0 Å². The van der Waals surface area contributed by atoms with E-state index in [9.17, 15) is 18.0 Å². The van der Waals surface area contributed by atoms with E-state index < -0.39 is 34.5 Å². The zero-order chi connectivity index (χ0) is 25.9. The second-order valence-corrected chi connectivity index (χ2v) is 9.75. The van der Waals surface area contributed by atoms with E-state index >= 15 is 0 Å². The standard InChI is InChI=1S/C20H22N8O8S/c1-33-17-5-21-25(11-17)13-3-15-9-23(7-13)19(29)27(15)35-37(31,32)36-28-16-4-14(8-24(10-16)20(28)30)26-12-18(34-2)6-22-26/h3-6,11-12,15-16H,7-10H2,1-2H3. The second kappa shape index (κ2) is 8.49. The molecule has 6 heterocycles. The number of urea groups is 2. The molecule has 0 radical (unpaired) electrons. The molecule has 2 atom stereocenters. The molecule has 4 aliphatic rings. The Hall–Kier alpha value is -4.09. The number of nitrogens with zero attached hydrogens (tertiary/aromatic N) is 8. The second-order valence-electron chi connectivity index (χ2n) is 8.64. The Bertz CT molecular complexity index is 1330. The fourth-order valence-corrected chi connectivity index (χ4v) is 5.35. The first kappa shape index (κ1) is 23.3. The first-order chi connectivity index (χ1) is 17.7. The third kappa shape index (κ3) is 4.05. The highest BCUT2D eigenvalue weighted by atomic mass is 32.3. The maximum Gasteiger partial charge on any atom is 0.442 e. The zero-order valence-electron chi connectivity index (χ0n) is 19.7. The Kier molecular flexibility index (Phi) is 5.35. The minimum Gasteiger partial charge on any atom is -0.493 e. The Morgan fingerprint density at radius 1 is 0.784 bits per heavy atom. The van der Waals surface area contributed by atoms with Crippen LogP contribution in [-0.2, 0) is 19.0 Å². The molecule has 2 aromatic heterocycles. The number of methoxy groups -OCH3 is 2. The third-order valence-electron chi connectivity index (χ3n) is 6.33. The summed E-state index contributed by atoms with van der Waals surface area (Å²) in [5, 5.41) is 9.81. The summed E-state index contributed by atoms with van der Waals surface area (Å²) in [4.78, 5) is 28.5. The van der Waals surface area contributed by atoms with E-state index in [4.69, 9.17) is 18.0 Å². The SMILES string of the molecule is COc1cnn(C2=CC3CN(C2)C(=O)N3OS(=O)(=O)ON2C(=O)N3CC(n4cc(OC)cn4)=CC2C3)c1. The number of rotatable bonds is 8. The largest absolute Gasteiger partial charge is 0.493 e. The van der Waals surface area contributed by atoms with Crippen molar-refractivity contribution >= 4 is 33.9 Å². The van der Waals surface area contributed by atoms with Crippen LogP contribution in [-0.4, -0.2) is 112 Å². The molecule has 2 saturated heterocycles. The highest BCUT2D eigenvalue weighted by molar-refractivity contribution is 7.81. The Labute approximate surface area is 210 Å². The molecule has 0 aromatic carbocycles. The van der Waals surface area contributed by atoms with Gasteiger partial charge in [0, 0.05) is 13.1 Å². The van der Waals surface area contributed by atoms with Gasteiger partial charge in [0.25, 0.3) is 0 Å². The van der Waals surface area contributed by atoms with Crippen molar-refractivity contribution in [1.82, 2.24) is 39.5 Å². The first-order valence-corrected chi connectivity index (χ1v) is 12.5. The number of aromatic nitrogens is 4. The van der Waals surface area contributed by atoms with E-state index in [0.717, 1.165) is 0 Å². The van der Waals surface area contributed by atoms with E-state index in [-0.39, 0.29) is 26.2 Å². The molecule has 0 N–H and O–H groups in total. The van der Waals surface area contributed by atoms with Crippen LogP contribution in [0.15, 0.2) is 36.9 Å². The van der Waals surface area contributed by atoms with Gasteiger partial charge >= 0.3 is 22.5 Å². The molecule has 0 aliphatic carbocycles. The van der Waals surface area contributed by atoms with Gasteiger partial charge in [-0.05, 0) is 12.2 Å². The monoisotopic (exact) mass is 534 g/mol. The maximum absolute atomic E-state index is 12.8. The number of carbonyl (C=O) groups excluding carboxylic acids is 2. The minimum atomic E-state index is -4.84. The van der Waals surface area contributed by atoms with E-state index in [1.807, 2.05) is 0 Å². The molecule has 6 rings (SSSR count). The molecule has 0 spiro atoms. The average Bonchev–Trinajstić information content (AvgIpc) is 3.65. The van der Waals surface area contributed by atoms with Crippen molar-refractivity contribution in [2.75, 3.05) is 40.4 Å². The van der Waals surface area contributed by atoms with Crippen molar-refractivity contribution in [3.8, 4) is 11.5 Å². The predicted molar refractivity (Wildman–Crippen MR) is 122 cm³/mol. The summed E-state index contributed by atoms with van der Waals surface area (Å²) in [5.74, 6) is 1.06. The van der Waals surface area contributed by atoms with Gasteiger partial charge in [0.15, 0.2) is 11.5 Å². The molecule has 2 fully saturated rings. The lowest BCUT2D eigenvalue weighted by molar-refractivity contribution is -0.0723. The van der Waals surface area contributed by atoms with Gasteiger partial charge in [-0.25, -0.2) is 19.0 Å². The molecule has 2 unspecified atom stereocenters. The maximum atomic E-state index is 12.8. The van der Waals surface area contributed by atoms with Crippen molar-refractivity contribution in [3.63, 3.8) is 0 Å². The number of amides is 4. The molecule has 196 valence electrons. The summed E-state index contributed by atoms with van der Waals surface area (Å²) in [6.07, 6.45) is 9.67. The third-order valence-corrected chi connectivity index (χ3v) is 7.02. The van der Waals surface area contributed by atoms with Gasteiger partial charge in [0.05, 0.1) is 63.5 Å². The molecule has 2 aromatic rings. The Balaban J connectivity index is 1.18. The molecule has 17 heteroatoms. The highest BCUT2D eigenvalue weighted by Gasteiger charge is 2.47. The van der Waals surface area contributed by atoms with Crippen LogP contribution >= 0.6 is 0 Å². The average molecular weight is 535 g/mol. The van der Waals surface area contributed by atoms with Crippen LogP contribution in [0.1, 0.15) is 0 Å². The summed E-state index contributed by atoms with van der Waals surface area (Å²) in [7, 11) is -1.82. The van der Waals surface area contributed by atoms with E-state index in [1.165, 1.54) is 45.8 Å². The van der Waals surface area contributed by atoms with Crippen molar-refractivity contribution in [2.24, 2.45) is 0 Å². The topological polar surface area (TPSA) is 154 Å². The van der Waals surface area contributed by atoms with E-state index in [0.29, 0.717) is 33.0 Å². The lowest BCUT2D eigenvalue weighted by Crippen LogP contribution is -2.40. The van der Waals surface area contributed by atoms with Crippen molar-refractivity contribution < 1.29 is 36.0 Å². The van der Waals surface area contributed by atoms with Crippen LogP contribution in [0.25, 0.3) is 11.4 Å². The molecule has 0 saturated carbocycles. The van der Waals surface area contributed by atoms with Gasteiger partial charge in [0.1, 0.15) is 12.1 Å². The summed E-state index contributed by atoms with van der Waals surface area (Å²) in [5.41, 5.74) is 1.28. The van der Waals surface area contributed by atoms with Gasteiger partial charge in [-0.1, -0.05) is 0 Å². The van der Waals surface area contributed by atoms with Crippen molar-refractivity contribution in [3.05, 3.63) is 36.9 Å². The number of hydrogen-bond donors (Lipinski definition) is 0. The number of ether oxygens (including phenoxy) is 2. The Morgan fingerprint density at radius 2 is 1.22 bits per heavy atom. The summed E-state index contributed by atoms with van der Waals surface area (Å²) >= 11 is 0. The Morgan fingerprint density at radius 3 is 1.59 bits per heavy atom. The molecular weight excluding hydrogens is 512 g/mol. The van der Waals surface area contributed by atoms with E-state index in [2.05, 4.69) is 10.2 Å². The van der Waals surface area contributed by atoms with Gasteiger partial charge < -0.3 is 19.3 Å². The summed E-state index contributed by atoms with van der Waals surface area (Å²) in [6.45, 7) is 0.812. The van der Waals surface area contributed by atoms with Crippen LogP contribution in [0.2, 0.25) is 0 Å². The number of carbonyl (C=O) groups is 2. The molecule has 4 bridgehead atoms. The minimum absolute atomic E-state index is 0.189. The predicted octanol–water partition coefficient (Wildman–Crippen LogP) is -0.174. The molecule has 4 aliphatic heterocycles. The quantitative estimate of drug-likeness (QED) is 0.446. The number of hydrogen-bond acceptors (Lipinski definition) is 10. The fourth-order valence-electron chi connectivity index (χ4n) is 4.58. The van der Waals surface area contributed by atoms with E-state index in [1.54, 1.807) is 24.5 Å². The highest BCUT2D eigenvalue weighted by Crippen LogP contribution is 2.31. The van der Waals surface area contributed by atoms with Crippen LogP contribution in [0.5, 0.6) is 11.5 Å². The lowest BCUT2D eigenvalue weighted by Gasteiger charge is -2.22. The van der Waals surface area contributed by atoms with Crippen LogP contribution in [0.4, 0.5) is 9.59 Å². The van der Waals surface area contributed by atoms with Crippen LogP contribution in [0.3, 0.4) is 0 Å². The smallest absolute Gasteiger partial charge is 0.442 e. The molecule has 4 amide bonds. The van der Waals surface area contributed by atoms with Crippen molar-refractivity contribution in [1.29, 1.82) is 0 Å². The lowest BCUT2D eigenvalue weighted by atomic mass is 10.2. The first-order valence-electron chi connectivity index (χ1n) is 11.1. The summed E-state index contributed by atoms with van der Waals surface area (Å²) in [6, 6.07) is -2.76. The molecular formula is C20H22N8O8S.